The molecule has 2 unspecified atom stereocenters. The van der Waals surface area contributed by atoms with Crippen LogP contribution in [0, 0.1) is 0 Å². The number of pyridine rings is 1. The van der Waals surface area contributed by atoms with Gasteiger partial charge in [0.1, 0.15) is 5.82 Å². The van der Waals surface area contributed by atoms with Crippen LogP contribution in [0.5, 0.6) is 0 Å². The summed E-state index contributed by atoms with van der Waals surface area (Å²) in [6.45, 7) is 9.08. The highest BCUT2D eigenvalue weighted by Crippen LogP contribution is 2.19. The van der Waals surface area contributed by atoms with Gasteiger partial charge in [-0.3, -0.25) is 4.90 Å². The summed E-state index contributed by atoms with van der Waals surface area (Å²) < 4.78 is 5.02. The fourth-order valence-corrected chi connectivity index (χ4v) is 2.71. The minimum Gasteiger partial charge on any atom is -0.383 e. The number of nitrogens with zero attached hydrogens (tertiary/aromatic N) is 3. The standard InChI is InChI=1S/C16H28N4O/c1-13-11-20(12-14(2)19(13)3)16-6-5-15(10-18-16)9-17-7-8-21-4/h5-6,10,13-14,17H,7-9,11-12H2,1-4H3. The Morgan fingerprint density at radius 3 is 2.57 bits per heavy atom. The van der Waals surface area contributed by atoms with E-state index < -0.39 is 0 Å². The molecule has 0 radical (unpaired) electrons. The molecule has 118 valence electrons. The van der Waals surface area contributed by atoms with Crippen LogP contribution in [0.15, 0.2) is 18.3 Å². The minimum atomic E-state index is 0.561. The van der Waals surface area contributed by atoms with Crippen molar-refractivity contribution in [3.05, 3.63) is 23.9 Å². The van der Waals surface area contributed by atoms with Gasteiger partial charge in [-0.25, -0.2) is 4.98 Å². The van der Waals surface area contributed by atoms with Gasteiger partial charge in [0, 0.05) is 51.6 Å². The SMILES string of the molecule is COCCNCc1ccc(N2CC(C)N(C)C(C)C2)nc1. The Kier molecular flexibility index (Phi) is 5.96. The van der Waals surface area contributed by atoms with E-state index in [1.54, 1.807) is 7.11 Å². The molecule has 2 rings (SSSR count). The van der Waals surface area contributed by atoms with Gasteiger partial charge in [0.2, 0.25) is 0 Å². The van der Waals surface area contributed by atoms with Crippen LogP contribution < -0.4 is 10.2 Å². The first-order valence-corrected chi connectivity index (χ1v) is 7.73. The van der Waals surface area contributed by atoms with E-state index in [1.807, 2.05) is 6.20 Å². The largest absolute Gasteiger partial charge is 0.383 e. The first kappa shape index (κ1) is 16.2. The number of methoxy groups -OCH3 is 1. The maximum atomic E-state index is 5.02. The molecular formula is C16H28N4O. The van der Waals surface area contributed by atoms with E-state index >= 15 is 0 Å². The number of nitrogens with one attached hydrogen (secondary N) is 1. The molecule has 1 aliphatic heterocycles. The highest BCUT2D eigenvalue weighted by atomic mass is 16.5. The van der Waals surface area contributed by atoms with Crippen molar-refractivity contribution < 1.29 is 4.74 Å². The van der Waals surface area contributed by atoms with E-state index in [4.69, 9.17) is 4.74 Å². The average Bonchev–Trinajstić information content (AvgIpc) is 2.49. The second kappa shape index (κ2) is 7.73. The molecule has 1 aliphatic rings. The van der Waals surface area contributed by atoms with Crippen LogP contribution in [-0.4, -0.2) is 62.4 Å². The molecule has 0 spiro atoms. The Labute approximate surface area is 128 Å². The van der Waals surface area contributed by atoms with Crippen molar-refractivity contribution in [3.8, 4) is 0 Å². The Hall–Kier alpha value is -1.17. The van der Waals surface area contributed by atoms with Crippen molar-refractivity contribution in [2.75, 3.05) is 45.3 Å². The molecule has 0 aromatic carbocycles. The highest BCUT2D eigenvalue weighted by molar-refractivity contribution is 5.40. The number of ether oxygens (including phenoxy) is 1. The number of rotatable bonds is 6. The van der Waals surface area contributed by atoms with Crippen LogP contribution in [0.25, 0.3) is 0 Å². The van der Waals surface area contributed by atoms with E-state index in [0.29, 0.717) is 12.1 Å². The molecule has 1 aromatic rings. The van der Waals surface area contributed by atoms with Crippen molar-refractivity contribution >= 4 is 5.82 Å². The van der Waals surface area contributed by atoms with E-state index in [-0.39, 0.29) is 0 Å². The summed E-state index contributed by atoms with van der Waals surface area (Å²) in [5.74, 6) is 1.09. The lowest BCUT2D eigenvalue weighted by atomic mass is 10.1. The molecule has 21 heavy (non-hydrogen) atoms. The Bertz CT molecular complexity index is 411. The lowest BCUT2D eigenvalue weighted by molar-refractivity contribution is 0.169. The van der Waals surface area contributed by atoms with Gasteiger partial charge >= 0.3 is 0 Å². The van der Waals surface area contributed by atoms with Gasteiger partial charge in [-0.1, -0.05) is 6.07 Å². The maximum absolute atomic E-state index is 5.02. The summed E-state index contributed by atoms with van der Waals surface area (Å²) in [5.41, 5.74) is 1.21. The molecule has 5 nitrogen and oxygen atoms in total. The molecule has 1 N–H and O–H groups in total. The fraction of sp³-hybridized carbons (Fsp3) is 0.688. The molecule has 0 amide bonds. The summed E-state index contributed by atoms with van der Waals surface area (Å²) in [4.78, 5) is 9.45. The fourth-order valence-electron chi connectivity index (χ4n) is 2.71. The van der Waals surface area contributed by atoms with Crippen molar-refractivity contribution in [1.82, 2.24) is 15.2 Å². The lowest BCUT2D eigenvalue weighted by Crippen LogP contribution is -2.55. The Morgan fingerprint density at radius 1 is 1.29 bits per heavy atom. The number of piperazine rings is 1. The predicted molar refractivity (Wildman–Crippen MR) is 86.7 cm³/mol. The van der Waals surface area contributed by atoms with Gasteiger partial charge < -0.3 is 15.0 Å². The van der Waals surface area contributed by atoms with E-state index in [0.717, 1.165) is 38.6 Å². The first-order valence-electron chi connectivity index (χ1n) is 7.73. The topological polar surface area (TPSA) is 40.6 Å². The number of hydrogen-bond donors (Lipinski definition) is 1. The molecule has 0 aliphatic carbocycles. The van der Waals surface area contributed by atoms with Crippen LogP contribution in [0.4, 0.5) is 5.82 Å². The average molecular weight is 292 g/mol. The minimum absolute atomic E-state index is 0.561. The van der Waals surface area contributed by atoms with Crippen LogP contribution in [0.1, 0.15) is 19.4 Å². The molecule has 1 fully saturated rings. The Balaban J connectivity index is 1.90. The van der Waals surface area contributed by atoms with E-state index in [9.17, 15) is 0 Å². The zero-order valence-electron chi connectivity index (χ0n) is 13.7. The van der Waals surface area contributed by atoms with Crippen molar-refractivity contribution in [3.63, 3.8) is 0 Å². The molecule has 1 aromatic heterocycles. The van der Waals surface area contributed by atoms with Gasteiger partial charge in [0.15, 0.2) is 0 Å². The van der Waals surface area contributed by atoms with Crippen molar-refractivity contribution in [2.24, 2.45) is 0 Å². The van der Waals surface area contributed by atoms with Crippen LogP contribution in [-0.2, 0) is 11.3 Å². The van der Waals surface area contributed by atoms with Gasteiger partial charge in [-0.15, -0.1) is 0 Å². The molecule has 1 saturated heterocycles. The van der Waals surface area contributed by atoms with Crippen LogP contribution in [0.3, 0.4) is 0 Å². The molecule has 2 heterocycles. The first-order chi connectivity index (χ1) is 10.1. The third-order valence-electron chi connectivity index (χ3n) is 4.30. The van der Waals surface area contributed by atoms with Gasteiger partial charge in [-0.2, -0.15) is 0 Å². The summed E-state index contributed by atoms with van der Waals surface area (Å²) in [5, 5.41) is 3.34. The summed E-state index contributed by atoms with van der Waals surface area (Å²) in [7, 11) is 3.92. The van der Waals surface area contributed by atoms with Crippen molar-refractivity contribution in [2.45, 2.75) is 32.5 Å². The van der Waals surface area contributed by atoms with Crippen molar-refractivity contribution in [1.29, 1.82) is 0 Å². The molecule has 0 bridgehead atoms. The molecule has 2 atom stereocenters. The highest BCUT2D eigenvalue weighted by Gasteiger charge is 2.26. The van der Waals surface area contributed by atoms with Gasteiger partial charge in [0.25, 0.3) is 0 Å². The lowest BCUT2D eigenvalue weighted by Gasteiger charge is -2.43. The zero-order valence-corrected chi connectivity index (χ0v) is 13.7. The second-order valence-electron chi connectivity index (χ2n) is 5.96. The Morgan fingerprint density at radius 2 is 2.00 bits per heavy atom. The van der Waals surface area contributed by atoms with Crippen LogP contribution >= 0.6 is 0 Å². The van der Waals surface area contributed by atoms with Crippen LogP contribution in [0.2, 0.25) is 0 Å². The normalized spacial score (nSPS) is 23.5. The molecule has 5 heteroatoms. The quantitative estimate of drug-likeness (QED) is 0.802. The van der Waals surface area contributed by atoms with Gasteiger partial charge in [-0.05, 0) is 32.5 Å². The van der Waals surface area contributed by atoms with E-state index in [1.165, 1.54) is 5.56 Å². The smallest absolute Gasteiger partial charge is 0.128 e. The number of likely N-dealkylation sites (N-methyl/N-ethyl adjacent to an activating group) is 1. The summed E-state index contributed by atoms with van der Waals surface area (Å²) in [6.07, 6.45) is 1.97. The summed E-state index contributed by atoms with van der Waals surface area (Å²) >= 11 is 0. The zero-order chi connectivity index (χ0) is 15.2. The third-order valence-corrected chi connectivity index (χ3v) is 4.30. The predicted octanol–water partition coefficient (Wildman–Crippen LogP) is 1.35. The number of hydrogen-bond acceptors (Lipinski definition) is 5. The van der Waals surface area contributed by atoms with Gasteiger partial charge in [0.05, 0.1) is 6.61 Å². The number of anilines is 1. The second-order valence-corrected chi connectivity index (χ2v) is 5.96. The number of aromatic nitrogens is 1. The summed E-state index contributed by atoms with van der Waals surface area (Å²) in [6, 6.07) is 5.42. The van der Waals surface area contributed by atoms with E-state index in [2.05, 4.69) is 53.1 Å². The molecular weight excluding hydrogens is 264 g/mol. The third kappa shape index (κ3) is 4.40. The molecule has 0 saturated carbocycles. The maximum Gasteiger partial charge on any atom is 0.128 e. The monoisotopic (exact) mass is 292 g/mol.